The summed E-state index contributed by atoms with van der Waals surface area (Å²) in [6.07, 6.45) is 1.40. The van der Waals surface area contributed by atoms with Crippen LogP contribution in [-0.4, -0.2) is 32.1 Å². The molecule has 0 fully saturated rings. The van der Waals surface area contributed by atoms with Crippen molar-refractivity contribution in [3.8, 4) is 17.1 Å². The number of hydrazone groups is 1. The number of imidazole rings is 1. The van der Waals surface area contributed by atoms with Gasteiger partial charge in [0.25, 0.3) is 11.6 Å². The van der Waals surface area contributed by atoms with Crippen molar-refractivity contribution in [3.63, 3.8) is 0 Å². The molecule has 1 aromatic heterocycles. The summed E-state index contributed by atoms with van der Waals surface area (Å²) < 4.78 is 0. The number of hydrogen-bond donors (Lipinski definition) is 3. The van der Waals surface area contributed by atoms with E-state index in [2.05, 4.69) is 20.5 Å². The van der Waals surface area contributed by atoms with Crippen molar-refractivity contribution in [2.45, 2.75) is 0 Å². The maximum atomic E-state index is 12.4. The van der Waals surface area contributed by atoms with Crippen molar-refractivity contribution in [3.05, 3.63) is 88.0 Å². The fourth-order valence-electron chi connectivity index (χ4n) is 2.86. The Labute approximate surface area is 169 Å². The number of amides is 1. The summed E-state index contributed by atoms with van der Waals surface area (Å²) in [5.41, 5.74) is 5.23. The third-order valence-corrected chi connectivity index (χ3v) is 4.39. The van der Waals surface area contributed by atoms with Crippen LogP contribution in [0, 0.1) is 10.1 Å². The first kappa shape index (κ1) is 18.8. The molecule has 30 heavy (non-hydrogen) atoms. The molecule has 0 unspecified atom stereocenters. The van der Waals surface area contributed by atoms with Crippen molar-refractivity contribution >= 4 is 28.8 Å². The van der Waals surface area contributed by atoms with Gasteiger partial charge in [-0.3, -0.25) is 14.9 Å². The molecule has 0 saturated heterocycles. The van der Waals surface area contributed by atoms with E-state index in [9.17, 15) is 20.0 Å². The summed E-state index contributed by atoms with van der Waals surface area (Å²) in [5.74, 6) is 0.181. The first-order valence-electron chi connectivity index (χ1n) is 8.87. The predicted molar refractivity (Wildman–Crippen MR) is 111 cm³/mol. The van der Waals surface area contributed by atoms with Gasteiger partial charge in [0.15, 0.2) is 0 Å². The molecule has 3 N–H and O–H groups in total. The molecule has 0 radical (unpaired) electrons. The van der Waals surface area contributed by atoms with Crippen LogP contribution in [0.1, 0.15) is 15.9 Å². The van der Waals surface area contributed by atoms with E-state index in [0.717, 1.165) is 0 Å². The minimum absolute atomic E-state index is 0.0211. The molecule has 1 amide bonds. The molecule has 148 valence electrons. The van der Waals surface area contributed by atoms with E-state index < -0.39 is 10.8 Å². The molecule has 0 bridgehead atoms. The minimum Gasteiger partial charge on any atom is -0.507 e. The highest BCUT2D eigenvalue weighted by Crippen LogP contribution is 2.28. The molecular weight excluding hydrogens is 386 g/mol. The van der Waals surface area contributed by atoms with Gasteiger partial charge in [0, 0.05) is 17.7 Å². The van der Waals surface area contributed by atoms with Gasteiger partial charge in [-0.2, -0.15) is 5.10 Å². The number of para-hydroxylation sites is 1. The molecule has 0 spiro atoms. The van der Waals surface area contributed by atoms with Gasteiger partial charge in [-0.25, -0.2) is 10.4 Å². The number of aromatic hydroxyl groups is 1. The van der Waals surface area contributed by atoms with Crippen molar-refractivity contribution in [2.24, 2.45) is 5.10 Å². The minimum atomic E-state index is -0.487. The number of rotatable bonds is 5. The van der Waals surface area contributed by atoms with Gasteiger partial charge in [0.2, 0.25) is 0 Å². The average molecular weight is 401 g/mol. The maximum absolute atomic E-state index is 12.4. The lowest BCUT2D eigenvalue weighted by atomic mass is 10.2. The van der Waals surface area contributed by atoms with E-state index in [1.54, 1.807) is 42.5 Å². The molecule has 9 nitrogen and oxygen atoms in total. The fourth-order valence-corrected chi connectivity index (χ4v) is 2.86. The average Bonchev–Trinajstić information content (AvgIpc) is 3.17. The van der Waals surface area contributed by atoms with Crippen LogP contribution in [0.25, 0.3) is 22.4 Å². The molecule has 4 rings (SSSR count). The first-order valence-corrected chi connectivity index (χ1v) is 8.87. The monoisotopic (exact) mass is 401 g/mol. The van der Waals surface area contributed by atoms with E-state index in [-0.39, 0.29) is 11.4 Å². The Bertz CT molecular complexity index is 1280. The van der Waals surface area contributed by atoms with E-state index >= 15 is 0 Å². The van der Waals surface area contributed by atoms with E-state index in [1.807, 2.05) is 0 Å². The third kappa shape index (κ3) is 3.85. The number of H-pyrrole nitrogens is 1. The zero-order chi connectivity index (χ0) is 21.1. The van der Waals surface area contributed by atoms with Crippen LogP contribution in [0.15, 0.2) is 71.8 Å². The molecule has 1 heterocycles. The SMILES string of the molecule is O=C(N/N=C/c1ccc([N+](=O)[O-])cc1)c1ccc2nc(-c3ccccc3O)[nH]c2c1. The number of nitro groups is 1. The van der Waals surface area contributed by atoms with Crippen LogP contribution in [0.4, 0.5) is 5.69 Å². The van der Waals surface area contributed by atoms with Crippen LogP contribution < -0.4 is 5.43 Å². The summed E-state index contributed by atoms with van der Waals surface area (Å²) in [6, 6.07) is 17.6. The number of fused-ring (bicyclic) bond motifs is 1. The van der Waals surface area contributed by atoms with Crippen molar-refractivity contribution in [1.82, 2.24) is 15.4 Å². The molecule has 3 aromatic carbocycles. The summed E-state index contributed by atoms with van der Waals surface area (Å²) in [6.45, 7) is 0. The van der Waals surface area contributed by atoms with Crippen LogP contribution >= 0.6 is 0 Å². The number of phenolic OH excluding ortho intramolecular Hbond substituents is 1. The number of benzene rings is 3. The topological polar surface area (TPSA) is 134 Å². The second kappa shape index (κ2) is 7.84. The number of hydrogen-bond acceptors (Lipinski definition) is 6. The highest BCUT2D eigenvalue weighted by molar-refractivity contribution is 5.98. The van der Waals surface area contributed by atoms with Gasteiger partial charge in [0.1, 0.15) is 11.6 Å². The Morgan fingerprint density at radius 1 is 1.13 bits per heavy atom. The van der Waals surface area contributed by atoms with Crippen LogP contribution in [0.2, 0.25) is 0 Å². The number of nitrogens with one attached hydrogen (secondary N) is 2. The van der Waals surface area contributed by atoms with Crippen molar-refractivity contribution in [1.29, 1.82) is 0 Å². The number of aromatic nitrogens is 2. The molecule has 0 aliphatic rings. The van der Waals surface area contributed by atoms with Crippen LogP contribution in [0.3, 0.4) is 0 Å². The molecule has 0 atom stereocenters. The molecule has 9 heteroatoms. The maximum Gasteiger partial charge on any atom is 0.271 e. The summed E-state index contributed by atoms with van der Waals surface area (Å²) in [5, 5.41) is 24.5. The van der Waals surface area contributed by atoms with Gasteiger partial charge in [0.05, 0.1) is 27.7 Å². The van der Waals surface area contributed by atoms with E-state index in [0.29, 0.717) is 33.5 Å². The lowest BCUT2D eigenvalue weighted by Crippen LogP contribution is -2.17. The lowest BCUT2D eigenvalue weighted by molar-refractivity contribution is -0.384. The van der Waals surface area contributed by atoms with Gasteiger partial charge >= 0.3 is 0 Å². The van der Waals surface area contributed by atoms with Crippen molar-refractivity contribution in [2.75, 3.05) is 0 Å². The number of nitrogens with zero attached hydrogens (tertiary/aromatic N) is 3. The second-order valence-corrected chi connectivity index (χ2v) is 6.38. The normalized spacial score (nSPS) is 11.1. The number of carbonyl (C=O) groups is 1. The van der Waals surface area contributed by atoms with Gasteiger partial charge in [-0.05, 0) is 48.0 Å². The fraction of sp³-hybridized carbons (Fsp3) is 0. The molecule has 0 aliphatic carbocycles. The van der Waals surface area contributed by atoms with Gasteiger partial charge in [-0.15, -0.1) is 0 Å². The number of aromatic amines is 1. The Morgan fingerprint density at radius 3 is 2.63 bits per heavy atom. The summed E-state index contributed by atoms with van der Waals surface area (Å²) in [7, 11) is 0. The zero-order valence-electron chi connectivity index (χ0n) is 15.4. The van der Waals surface area contributed by atoms with Crippen molar-refractivity contribution < 1.29 is 14.8 Å². The van der Waals surface area contributed by atoms with Crippen LogP contribution in [-0.2, 0) is 0 Å². The highest BCUT2D eigenvalue weighted by atomic mass is 16.6. The molecule has 4 aromatic rings. The first-order chi connectivity index (χ1) is 14.5. The van der Waals surface area contributed by atoms with E-state index in [1.165, 1.54) is 30.5 Å². The smallest absolute Gasteiger partial charge is 0.271 e. The molecule has 0 aliphatic heterocycles. The zero-order valence-corrected chi connectivity index (χ0v) is 15.4. The number of non-ortho nitro benzene ring substituents is 1. The Kier molecular flexibility index (Phi) is 4.92. The van der Waals surface area contributed by atoms with Gasteiger partial charge in [-0.1, -0.05) is 12.1 Å². The molecular formula is C21H15N5O4. The standard InChI is InChI=1S/C21H15N5O4/c27-19-4-2-1-3-16(19)20-23-17-10-7-14(11-18(17)24-20)21(28)25-22-12-13-5-8-15(9-6-13)26(29)30/h1-12,27H,(H,23,24)(H,25,28)/b22-12+. The lowest BCUT2D eigenvalue weighted by Gasteiger charge is -2.00. The highest BCUT2D eigenvalue weighted by Gasteiger charge is 2.11. The summed E-state index contributed by atoms with van der Waals surface area (Å²) in [4.78, 5) is 30.1. The number of nitro benzene ring substituents is 1. The van der Waals surface area contributed by atoms with E-state index in [4.69, 9.17) is 0 Å². The van der Waals surface area contributed by atoms with Gasteiger partial charge < -0.3 is 10.1 Å². The third-order valence-electron chi connectivity index (χ3n) is 4.39. The Hall–Kier alpha value is -4.53. The number of carbonyl (C=O) groups excluding carboxylic acids is 1. The Morgan fingerprint density at radius 2 is 1.90 bits per heavy atom. The quantitative estimate of drug-likeness (QED) is 0.267. The predicted octanol–water partition coefficient (Wildman–Crippen LogP) is 3.61. The van der Waals surface area contributed by atoms with Crippen LogP contribution in [0.5, 0.6) is 5.75 Å². The Balaban J connectivity index is 1.49. The largest absolute Gasteiger partial charge is 0.507 e. The summed E-state index contributed by atoms with van der Waals surface area (Å²) >= 11 is 0. The second-order valence-electron chi connectivity index (χ2n) is 6.38. The molecule has 0 saturated carbocycles. The number of phenols is 1.